The average Bonchev–Trinajstić information content (AvgIpc) is 3.67. The number of aryl methyl sites for hydroxylation is 2. The molecule has 3 aliphatic rings. The molecule has 4 unspecified atom stereocenters. The standard InChI is InChI=1S/C45H41ClFN7O10/c1-50-33-22-36(63-4)35(62-3)21-31(33)48-30(41(50)57)15-16-51-43(59)52-17-14-28-32(54(52)44(51)60)20-29-40(56)53(49-26-12-10-25(47)11-13-26)42(58)45(29,23-6-8-24(46)9-7-23)39(28)38-34(55)18-27(61-2)19-37(38)64-5/h6-14,18-19,21-22,29,32,39,49,55H,15-17,20H2,1-5H3. The van der Waals surface area contributed by atoms with E-state index >= 15 is 9.59 Å². The largest absolute Gasteiger partial charge is 0.507 e. The van der Waals surface area contributed by atoms with Gasteiger partial charge in [-0.15, -0.1) is 0 Å². The van der Waals surface area contributed by atoms with Crippen LogP contribution in [0.3, 0.4) is 0 Å². The number of imide groups is 1. The van der Waals surface area contributed by atoms with Crippen LogP contribution in [-0.4, -0.2) is 73.9 Å². The molecule has 4 aromatic carbocycles. The van der Waals surface area contributed by atoms with Crippen molar-refractivity contribution in [3.05, 3.63) is 143 Å². The molecule has 9 rings (SSSR count). The highest BCUT2D eigenvalue weighted by atomic mass is 35.5. The lowest BCUT2D eigenvalue weighted by Crippen LogP contribution is -2.53. The molecule has 4 heterocycles. The van der Waals surface area contributed by atoms with Crippen molar-refractivity contribution < 1.29 is 38.0 Å². The number of halogens is 2. The molecule has 6 aromatic rings. The number of benzene rings is 4. The van der Waals surface area contributed by atoms with Gasteiger partial charge in [0.05, 0.1) is 69.1 Å². The second-order valence-electron chi connectivity index (χ2n) is 15.7. The molecule has 2 fully saturated rings. The van der Waals surface area contributed by atoms with E-state index in [1.54, 1.807) is 55.6 Å². The van der Waals surface area contributed by atoms with Crippen LogP contribution in [0.2, 0.25) is 5.02 Å². The molecule has 1 saturated heterocycles. The van der Waals surface area contributed by atoms with Crippen molar-refractivity contribution in [2.24, 2.45) is 13.0 Å². The molecule has 330 valence electrons. The lowest BCUT2D eigenvalue weighted by molar-refractivity contribution is -0.138. The number of ether oxygens (including phenoxy) is 4. The van der Waals surface area contributed by atoms with Crippen LogP contribution in [0.25, 0.3) is 11.0 Å². The number of rotatable bonds is 11. The van der Waals surface area contributed by atoms with Gasteiger partial charge in [-0.05, 0) is 54.0 Å². The summed E-state index contributed by atoms with van der Waals surface area (Å²) in [4.78, 5) is 77.7. The smallest absolute Gasteiger partial charge is 0.347 e. The highest BCUT2D eigenvalue weighted by molar-refractivity contribution is 6.30. The number of nitrogens with one attached hydrogen (secondary N) is 1. The molecular formula is C45H41ClFN7O10. The number of amides is 2. The Hall–Kier alpha value is -7.34. The van der Waals surface area contributed by atoms with Gasteiger partial charge in [0.2, 0.25) is 0 Å². The third-order valence-corrected chi connectivity index (χ3v) is 12.9. The zero-order valence-electron chi connectivity index (χ0n) is 35.1. The summed E-state index contributed by atoms with van der Waals surface area (Å²) in [6, 6.07) is 16.7. The highest BCUT2D eigenvalue weighted by Crippen LogP contribution is 2.64. The van der Waals surface area contributed by atoms with E-state index in [0.29, 0.717) is 38.7 Å². The van der Waals surface area contributed by atoms with Crippen LogP contribution >= 0.6 is 11.6 Å². The second-order valence-corrected chi connectivity index (χ2v) is 16.1. The number of fused-ring (bicyclic) bond motifs is 5. The number of aromatic nitrogens is 5. The van der Waals surface area contributed by atoms with E-state index in [4.69, 9.17) is 30.5 Å². The number of aromatic hydroxyl groups is 1. The maximum absolute atomic E-state index is 15.5. The van der Waals surface area contributed by atoms with Crippen molar-refractivity contribution in [1.29, 1.82) is 0 Å². The lowest BCUT2D eigenvalue weighted by atomic mass is 9.53. The minimum Gasteiger partial charge on any atom is -0.507 e. The first-order valence-corrected chi connectivity index (χ1v) is 20.5. The van der Waals surface area contributed by atoms with E-state index in [2.05, 4.69) is 10.4 Å². The molecule has 4 atom stereocenters. The number of nitrogens with zero attached hydrogens (tertiary/aromatic N) is 6. The number of anilines is 1. The van der Waals surface area contributed by atoms with Crippen LogP contribution in [0.4, 0.5) is 10.1 Å². The Morgan fingerprint density at radius 1 is 0.875 bits per heavy atom. The molecule has 0 bridgehead atoms. The molecule has 1 aliphatic carbocycles. The summed E-state index contributed by atoms with van der Waals surface area (Å²) < 4.78 is 41.2. The Labute approximate surface area is 368 Å². The number of carbonyl (C=O) groups is 2. The number of hydrogen-bond acceptors (Lipinski definition) is 12. The lowest BCUT2D eigenvalue weighted by Gasteiger charge is -2.49. The van der Waals surface area contributed by atoms with Gasteiger partial charge in [0.25, 0.3) is 17.4 Å². The van der Waals surface area contributed by atoms with Gasteiger partial charge in [-0.25, -0.2) is 32.9 Å². The Kier molecular flexibility index (Phi) is 10.4. The van der Waals surface area contributed by atoms with E-state index in [9.17, 15) is 23.9 Å². The first kappa shape index (κ1) is 42.0. The third kappa shape index (κ3) is 6.25. The van der Waals surface area contributed by atoms with Gasteiger partial charge in [-0.3, -0.25) is 19.8 Å². The van der Waals surface area contributed by atoms with Gasteiger partial charge >= 0.3 is 11.4 Å². The summed E-state index contributed by atoms with van der Waals surface area (Å²) in [6.45, 7) is -0.365. The van der Waals surface area contributed by atoms with Crippen LogP contribution in [0, 0.1) is 11.7 Å². The Bertz CT molecular complexity index is 3120. The number of allylic oxidation sites excluding steroid dienone is 2. The monoisotopic (exact) mass is 893 g/mol. The number of phenolic OH excluding ortho intramolecular Hbond substituents is 1. The zero-order valence-corrected chi connectivity index (χ0v) is 35.9. The number of hydrazine groups is 1. The fourth-order valence-electron chi connectivity index (χ4n) is 9.72. The van der Waals surface area contributed by atoms with Crippen molar-refractivity contribution >= 4 is 40.1 Å². The summed E-state index contributed by atoms with van der Waals surface area (Å²) in [5.74, 6) is -3.54. The average molecular weight is 894 g/mol. The van der Waals surface area contributed by atoms with E-state index in [0.717, 1.165) is 9.58 Å². The van der Waals surface area contributed by atoms with Crippen LogP contribution < -0.4 is 41.3 Å². The maximum Gasteiger partial charge on any atom is 0.347 e. The van der Waals surface area contributed by atoms with E-state index in [1.165, 1.54) is 72.7 Å². The molecule has 19 heteroatoms. The minimum absolute atomic E-state index is 0.0953. The summed E-state index contributed by atoms with van der Waals surface area (Å²) >= 11 is 6.40. The fraction of sp³-hybridized carbons (Fsp3) is 0.289. The number of methoxy groups -OCH3 is 4. The van der Waals surface area contributed by atoms with Gasteiger partial charge in [-0.1, -0.05) is 29.8 Å². The highest BCUT2D eigenvalue weighted by Gasteiger charge is 2.69. The van der Waals surface area contributed by atoms with Gasteiger partial charge in [0.15, 0.2) is 11.5 Å². The van der Waals surface area contributed by atoms with Crippen molar-refractivity contribution in [1.82, 2.24) is 28.5 Å². The van der Waals surface area contributed by atoms with Crippen molar-refractivity contribution in [2.75, 3.05) is 33.9 Å². The zero-order chi connectivity index (χ0) is 45.4. The molecule has 2 aromatic heterocycles. The number of phenols is 1. The summed E-state index contributed by atoms with van der Waals surface area (Å²) in [5, 5.41) is 13.2. The summed E-state index contributed by atoms with van der Waals surface area (Å²) in [6.07, 6.45) is 1.48. The minimum atomic E-state index is -1.82. The first-order valence-electron chi connectivity index (χ1n) is 20.1. The van der Waals surface area contributed by atoms with Crippen LogP contribution in [0.5, 0.6) is 28.7 Å². The molecule has 0 radical (unpaired) electrons. The number of hydrogen-bond donors (Lipinski definition) is 2. The molecule has 0 spiro atoms. The second kappa shape index (κ2) is 15.8. The molecule has 1 saturated carbocycles. The maximum atomic E-state index is 15.5. The van der Waals surface area contributed by atoms with Crippen molar-refractivity contribution in [3.8, 4) is 28.7 Å². The molecule has 2 aliphatic heterocycles. The van der Waals surface area contributed by atoms with Gasteiger partial charge < -0.3 is 28.6 Å². The van der Waals surface area contributed by atoms with Crippen LogP contribution in [-0.2, 0) is 41.6 Å². The normalized spacial score (nSPS) is 20.1. The van der Waals surface area contributed by atoms with Crippen molar-refractivity contribution in [2.45, 2.75) is 43.3 Å². The van der Waals surface area contributed by atoms with Crippen LogP contribution in [0.15, 0.2) is 98.8 Å². The Morgan fingerprint density at radius 2 is 1.56 bits per heavy atom. The molecular weight excluding hydrogens is 853 g/mol. The van der Waals surface area contributed by atoms with Gasteiger partial charge in [0, 0.05) is 60.8 Å². The Morgan fingerprint density at radius 3 is 2.23 bits per heavy atom. The summed E-state index contributed by atoms with van der Waals surface area (Å²) in [7, 11) is 7.34. The first-order chi connectivity index (χ1) is 30.8. The predicted molar refractivity (Wildman–Crippen MR) is 231 cm³/mol. The molecule has 64 heavy (non-hydrogen) atoms. The van der Waals surface area contributed by atoms with E-state index < -0.39 is 57.9 Å². The van der Waals surface area contributed by atoms with Crippen molar-refractivity contribution in [3.63, 3.8) is 0 Å². The van der Waals surface area contributed by atoms with Gasteiger partial charge in [-0.2, -0.15) is 5.01 Å². The quantitative estimate of drug-likeness (QED) is 0.138. The molecule has 2 N–H and O–H groups in total. The summed E-state index contributed by atoms with van der Waals surface area (Å²) in [5.41, 5.74) is 1.41. The third-order valence-electron chi connectivity index (χ3n) is 12.7. The molecule has 2 amide bonds. The predicted octanol–water partition coefficient (Wildman–Crippen LogP) is 4.45. The Balaban J connectivity index is 1.20. The molecule has 17 nitrogen and oxygen atoms in total. The number of carbonyl (C=O) groups excluding carboxylic acids is 2. The van der Waals surface area contributed by atoms with Gasteiger partial charge in [0.1, 0.15) is 28.8 Å². The van der Waals surface area contributed by atoms with E-state index in [-0.39, 0.29) is 60.1 Å². The SMILES string of the molecule is COc1cc(O)c(C2C3=CCn4c(=O)n(CCc5nc6cc(OC)c(OC)cc6n(C)c5=O)c(=O)n4C3CC3C(=O)N(Nc4ccc(F)cc4)C(=O)C32c2ccc(Cl)cc2)c(OC)c1. The van der Waals surface area contributed by atoms with Crippen LogP contribution in [0.1, 0.15) is 35.2 Å². The topological polar surface area (TPSA) is 190 Å². The fourth-order valence-corrected chi connectivity index (χ4v) is 9.85. The van der Waals surface area contributed by atoms with E-state index in [1.807, 2.05) is 0 Å².